The highest BCUT2D eigenvalue weighted by atomic mass is 32.2. The van der Waals surface area contributed by atoms with Gasteiger partial charge in [0.1, 0.15) is 18.4 Å². The molecule has 2 aromatic heterocycles. The number of hydrogen-bond donors (Lipinski definition) is 3. The third kappa shape index (κ3) is 4.77. The van der Waals surface area contributed by atoms with E-state index >= 15 is 0 Å². The number of anilines is 1. The molecule has 0 fully saturated rings. The zero-order chi connectivity index (χ0) is 20.8. The van der Waals surface area contributed by atoms with Crippen LogP contribution in [0.1, 0.15) is 11.3 Å². The monoisotopic (exact) mass is 413 g/mol. The molecule has 0 unspecified atom stereocenters. The molecule has 150 valence electrons. The molecule has 0 radical (unpaired) electrons. The van der Waals surface area contributed by atoms with E-state index < -0.39 is 0 Å². The predicted octanol–water partition coefficient (Wildman–Crippen LogP) is 2.25. The van der Waals surface area contributed by atoms with Gasteiger partial charge in [0.15, 0.2) is 16.7 Å². The summed E-state index contributed by atoms with van der Waals surface area (Å²) in [7, 11) is 1.51. The van der Waals surface area contributed by atoms with Gasteiger partial charge in [-0.2, -0.15) is 5.26 Å². The summed E-state index contributed by atoms with van der Waals surface area (Å²) in [6.45, 7) is 1.78. The average Bonchev–Trinajstić information content (AvgIpc) is 3.15. The number of pyridine rings is 1. The summed E-state index contributed by atoms with van der Waals surface area (Å²) in [5.74, 6) is 0.853. The number of ether oxygens (including phenoxy) is 2. The molecule has 29 heavy (non-hydrogen) atoms. The van der Waals surface area contributed by atoms with Crippen LogP contribution >= 0.6 is 11.8 Å². The fourth-order valence-corrected chi connectivity index (χ4v) is 3.29. The molecule has 0 bridgehead atoms. The summed E-state index contributed by atoms with van der Waals surface area (Å²) >= 11 is 1.24. The lowest BCUT2D eigenvalue weighted by Crippen LogP contribution is -2.14. The fourth-order valence-electron chi connectivity index (χ4n) is 2.62. The standard InChI is InChI=1S/C19H19N5O4S/c1-11-13(8-20)21-9-14-18(11)24-19(23-14)29-10-17(26)22-12-3-4-15(27-2)16(7-12)28-6-5-25/h3-4,7,9,25H,5-6,10H2,1-2H3,(H,22,26)(H,23,24). The van der Waals surface area contributed by atoms with Crippen LogP contribution in [0.3, 0.4) is 0 Å². The van der Waals surface area contributed by atoms with Crippen LogP contribution in [0.5, 0.6) is 11.5 Å². The Morgan fingerprint density at radius 1 is 1.41 bits per heavy atom. The number of aliphatic hydroxyl groups excluding tert-OH is 1. The van der Waals surface area contributed by atoms with Crippen molar-refractivity contribution in [2.75, 3.05) is 31.4 Å². The second-order valence-electron chi connectivity index (χ2n) is 5.92. The van der Waals surface area contributed by atoms with Crippen molar-refractivity contribution < 1.29 is 19.4 Å². The van der Waals surface area contributed by atoms with Crippen LogP contribution in [0.15, 0.2) is 29.6 Å². The van der Waals surface area contributed by atoms with Gasteiger partial charge >= 0.3 is 0 Å². The van der Waals surface area contributed by atoms with Gasteiger partial charge < -0.3 is 24.9 Å². The van der Waals surface area contributed by atoms with E-state index in [4.69, 9.17) is 19.8 Å². The lowest BCUT2D eigenvalue weighted by atomic mass is 10.2. The average molecular weight is 413 g/mol. The van der Waals surface area contributed by atoms with Gasteiger partial charge in [-0.1, -0.05) is 11.8 Å². The van der Waals surface area contributed by atoms with Crippen LogP contribution < -0.4 is 14.8 Å². The molecule has 1 aromatic carbocycles. The zero-order valence-electron chi connectivity index (χ0n) is 15.9. The van der Waals surface area contributed by atoms with Gasteiger partial charge in [-0.15, -0.1) is 0 Å². The van der Waals surface area contributed by atoms with Crippen molar-refractivity contribution in [3.63, 3.8) is 0 Å². The zero-order valence-corrected chi connectivity index (χ0v) is 16.7. The number of fused-ring (bicyclic) bond motifs is 1. The third-order valence-corrected chi connectivity index (χ3v) is 4.86. The first-order chi connectivity index (χ1) is 14.0. The number of amides is 1. The maximum Gasteiger partial charge on any atom is 0.234 e. The first-order valence-electron chi connectivity index (χ1n) is 8.65. The number of hydrogen-bond acceptors (Lipinski definition) is 8. The molecule has 10 heteroatoms. The van der Waals surface area contributed by atoms with Crippen LogP contribution in [0, 0.1) is 18.3 Å². The molecule has 0 spiro atoms. The lowest BCUT2D eigenvalue weighted by Gasteiger charge is -2.12. The van der Waals surface area contributed by atoms with Crippen molar-refractivity contribution in [3.8, 4) is 17.6 Å². The quantitative estimate of drug-likeness (QED) is 0.479. The highest BCUT2D eigenvalue weighted by molar-refractivity contribution is 7.99. The normalized spacial score (nSPS) is 10.6. The number of aromatic nitrogens is 3. The molecule has 0 aliphatic rings. The number of rotatable bonds is 8. The van der Waals surface area contributed by atoms with Gasteiger partial charge in [0, 0.05) is 17.3 Å². The van der Waals surface area contributed by atoms with Crippen molar-refractivity contribution in [1.82, 2.24) is 15.0 Å². The minimum Gasteiger partial charge on any atom is -0.493 e. The summed E-state index contributed by atoms with van der Waals surface area (Å²) in [4.78, 5) is 23.9. The van der Waals surface area contributed by atoms with Crippen LogP contribution in [-0.2, 0) is 4.79 Å². The van der Waals surface area contributed by atoms with Crippen molar-refractivity contribution in [1.29, 1.82) is 5.26 Å². The number of aliphatic hydroxyl groups is 1. The van der Waals surface area contributed by atoms with E-state index in [-0.39, 0.29) is 24.9 Å². The molecule has 9 nitrogen and oxygen atoms in total. The van der Waals surface area contributed by atoms with Crippen molar-refractivity contribution in [2.24, 2.45) is 0 Å². The minimum atomic E-state index is -0.221. The third-order valence-electron chi connectivity index (χ3n) is 3.99. The number of H-pyrrole nitrogens is 1. The fraction of sp³-hybridized carbons (Fsp3) is 0.263. The predicted molar refractivity (Wildman–Crippen MR) is 108 cm³/mol. The molecule has 1 amide bonds. The molecular formula is C19H19N5O4S. The number of imidazole rings is 1. The molecular weight excluding hydrogens is 394 g/mol. The number of aromatic amines is 1. The number of nitriles is 1. The van der Waals surface area contributed by atoms with Gasteiger partial charge in [0.2, 0.25) is 5.91 Å². The maximum atomic E-state index is 12.3. The Morgan fingerprint density at radius 2 is 2.24 bits per heavy atom. The highest BCUT2D eigenvalue weighted by Gasteiger charge is 2.13. The maximum absolute atomic E-state index is 12.3. The van der Waals surface area contributed by atoms with E-state index in [9.17, 15) is 4.79 Å². The molecule has 0 aliphatic carbocycles. The molecule has 2 heterocycles. The van der Waals surface area contributed by atoms with E-state index in [2.05, 4.69) is 20.3 Å². The summed E-state index contributed by atoms with van der Waals surface area (Å²) in [5.41, 5.74) is 2.96. The number of nitrogens with one attached hydrogen (secondary N) is 2. The lowest BCUT2D eigenvalue weighted by molar-refractivity contribution is -0.113. The van der Waals surface area contributed by atoms with Crippen molar-refractivity contribution in [3.05, 3.63) is 35.7 Å². The van der Waals surface area contributed by atoms with Gasteiger partial charge in [-0.05, 0) is 19.1 Å². The van der Waals surface area contributed by atoms with Crippen LogP contribution in [-0.4, -0.2) is 52.0 Å². The number of carbonyl (C=O) groups is 1. The Balaban J connectivity index is 1.65. The molecule has 0 saturated carbocycles. The Hall–Kier alpha value is -3.29. The Bertz CT molecular complexity index is 1080. The molecule has 0 aliphatic heterocycles. The van der Waals surface area contributed by atoms with Gasteiger partial charge in [0.25, 0.3) is 0 Å². The van der Waals surface area contributed by atoms with E-state index in [0.717, 1.165) is 0 Å². The minimum absolute atomic E-state index is 0.122. The number of thioether (sulfide) groups is 1. The van der Waals surface area contributed by atoms with E-state index in [1.54, 1.807) is 31.3 Å². The Kier molecular flexibility index (Phi) is 6.54. The van der Waals surface area contributed by atoms with Crippen molar-refractivity contribution in [2.45, 2.75) is 12.1 Å². The van der Waals surface area contributed by atoms with Gasteiger partial charge in [-0.3, -0.25) is 4.79 Å². The van der Waals surface area contributed by atoms with Gasteiger partial charge in [0.05, 0.1) is 36.7 Å². The number of carbonyl (C=O) groups excluding carboxylic acids is 1. The molecule has 0 saturated heterocycles. The molecule has 3 N–H and O–H groups in total. The second-order valence-corrected chi connectivity index (χ2v) is 6.89. The highest BCUT2D eigenvalue weighted by Crippen LogP contribution is 2.30. The molecule has 3 rings (SSSR count). The number of methoxy groups -OCH3 is 1. The van der Waals surface area contributed by atoms with E-state index in [0.29, 0.717) is 44.6 Å². The van der Waals surface area contributed by atoms with E-state index in [1.807, 2.05) is 6.07 Å². The summed E-state index contributed by atoms with van der Waals surface area (Å²) in [6.07, 6.45) is 1.56. The Morgan fingerprint density at radius 3 is 2.97 bits per heavy atom. The van der Waals surface area contributed by atoms with Gasteiger partial charge in [-0.25, -0.2) is 9.97 Å². The summed E-state index contributed by atoms with van der Waals surface area (Å²) in [6, 6.07) is 7.05. The summed E-state index contributed by atoms with van der Waals surface area (Å²) < 4.78 is 10.6. The molecule has 3 aromatic rings. The smallest absolute Gasteiger partial charge is 0.234 e. The van der Waals surface area contributed by atoms with Crippen molar-refractivity contribution >= 4 is 34.4 Å². The number of aryl methyl sites for hydroxylation is 1. The van der Waals surface area contributed by atoms with Crippen LogP contribution in [0.4, 0.5) is 5.69 Å². The second kappa shape index (κ2) is 9.27. The number of nitrogens with zero attached hydrogens (tertiary/aromatic N) is 3. The largest absolute Gasteiger partial charge is 0.493 e. The van der Waals surface area contributed by atoms with Crippen LogP contribution in [0.2, 0.25) is 0 Å². The first kappa shape index (κ1) is 20.4. The first-order valence-corrected chi connectivity index (χ1v) is 9.64. The topological polar surface area (TPSA) is 133 Å². The summed E-state index contributed by atoms with van der Waals surface area (Å²) in [5, 5.41) is 21.3. The Labute approximate surface area is 171 Å². The van der Waals surface area contributed by atoms with Crippen LogP contribution in [0.25, 0.3) is 11.0 Å². The van der Waals surface area contributed by atoms with E-state index in [1.165, 1.54) is 18.9 Å². The number of benzene rings is 1. The molecule has 0 atom stereocenters. The SMILES string of the molecule is COc1ccc(NC(=O)CSc2nc3c(C)c(C#N)ncc3[nH]2)cc1OCCO.